The second-order valence-corrected chi connectivity index (χ2v) is 7.62. The summed E-state index contributed by atoms with van der Waals surface area (Å²) in [6.45, 7) is 2.95. The zero-order valence-corrected chi connectivity index (χ0v) is 17.4. The van der Waals surface area contributed by atoms with Crippen molar-refractivity contribution >= 4 is 33.0 Å². The Labute approximate surface area is 175 Å². The first-order valence-corrected chi connectivity index (χ1v) is 9.98. The van der Waals surface area contributed by atoms with Gasteiger partial charge in [0.25, 0.3) is 5.56 Å². The van der Waals surface area contributed by atoms with Crippen molar-refractivity contribution in [3.05, 3.63) is 86.3 Å². The average Bonchev–Trinajstić information content (AvgIpc) is 3.13. The van der Waals surface area contributed by atoms with E-state index in [1.165, 1.54) is 0 Å². The topological polar surface area (TPSA) is 48.5 Å². The maximum atomic E-state index is 12.9. The van der Waals surface area contributed by atoms with Gasteiger partial charge in [-0.15, -0.1) is 0 Å². The van der Waals surface area contributed by atoms with Crippen LogP contribution in [-0.2, 0) is 6.54 Å². The van der Waals surface area contributed by atoms with Crippen molar-refractivity contribution in [1.82, 2.24) is 14.2 Å². The molecule has 0 bridgehead atoms. The molecule has 0 N–H and O–H groups in total. The SMILES string of the molecule is CCOc1ccc(-c2cc3c(=O)n(Cc4ccc(Br)cc4)ccn3n2)cc1Cl. The third-order valence-electron chi connectivity index (χ3n) is 4.40. The van der Waals surface area contributed by atoms with Crippen molar-refractivity contribution in [2.24, 2.45) is 0 Å². The summed E-state index contributed by atoms with van der Waals surface area (Å²) in [7, 11) is 0. The zero-order valence-electron chi connectivity index (χ0n) is 15.1. The molecule has 0 spiro atoms. The second-order valence-electron chi connectivity index (χ2n) is 6.30. The summed E-state index contributed by atoms with van der Waals surface area (Å²) in [6, 6.07) is 15.2. The first kappa shape index (κ1) is 18.8. The Morgan fingerprint density at radius 3 is 2.61 bits per heavy atom. The van der Waals surface area contributed by atoms with E-state index < -0.39 is 0 Å². The van der Waals surface area contributed by atoms with E-state index in [4.69, 9.17) is 16.3 Å². The van der Waals surface area contributed by atoms with Crippen LogP contribution in [0.5, 0.6) is 5.75 Å². The van der Waals surface area contributed by atoms with Crippen molar-refractivity contribution in [2.75, 3.05) is 6.61 Å². The lowest BCUT2D eigenvalue weighted by molar-refractivity contribution is 0.340. The second kappa shape index (κ2) is 7.81. The third kappa shape index (κ3) is 3.70. The predicted octanol–water partition coefficient (Wildman–Crippen LogP) is 5.03. The Bertz CT molecular complexity index is 1200. The van der Waals surface area contributed by atoms with Crippen molar-refractivity contribution in [3.63, 3.8) is 0 Å². The summed E-state index contributed by atoms with van der Waals surface area (Å²) >= 11 is 9.71. The number of ether oxygens (including phenoxy) is 1. The van der Waals surface area contributed by atoms with Gasteiger partial charge < -0.3 is 9.30 Å². The van der Waals surface area contributed by atoms with E-state index in [9.17, 15) is 4.79 Å². The molecule has 2 aromatic carbocycles. The first-order chi connectivity index (χ1) is 13.5. The quantitative estimate of drug-likeness (QED) is 0.422. The number of hydrogen-bond donors (Lipinski definition) is 0. The van der Waals surface area contributed by atoms with Crippen molar-refractivity contribution in [2.45, 2.75) is 13.5 Å². The monoisotopic (exact) mass is 457 g/mol. The normalized spacial score (nSPS) is 11.1. The van der Waals surface area contributed by atoms with Crippen LogP contribution in [0.25, 0.3) is 16.8 Å². The molecule has 0 aliphatic carbocycles. The molecule has 2 heterocycles. The van der Waals surface area contributed by atoms with Crippen molar-refractivity contribution < 1.29 is 4.74 Å². The Balaban J connectivity index is 1.69. The Hall–Kier alpha value is -2.57. The van der Waals surface area contributed by atoms with Gasteiger partial charge in [0.15, 0.2) is 0 Å². The Kier molecular flexibility index (Phi) is 5.24. The van der Waals surface area contributed by atoms with Gasteiger partial charge in [-0.25, -0.2) is 4.52 Å². The van der Waals surface area contributed by atoms with Crippen molar-refractivity contribution in [1.29, 1.82) is 0 Å². The molecule has 0 unspecified atom stereocenters. The standard InChI is InChI=1S/C21H17BrClN3O2/c1-2-28-20-8-5-15(11-17(20)23)18-12-19-21(27)25(9-10-26(19)24-18)13-14-3-6-16(22)7-4-14/h3-12H,2,13H2,1H3. The number of fused-ring (bicyclic) bond motifs is 1. The van der Waals surface area contributed by atoms with E-state index in [0.717, 1.165) is 15.6 Å². The van der Waals surface area contributed by atoms with Crippen LogP contribution in [0.4, 0.5) is 0 Å². The van der Waals surface area contributed by atoms with Gasteiger partial charge in [0.1, 0.15) is 11.3 Å². The van der Waals surface area contributed by atoms with Gasteiger partial charge in [-0.05, 0) is 48.9 Å². The molecule has 0 saturated heterocycles. The van der Waals surface area contributed by atoms with Crippen LogP contribution in [0.1, 0.15) is 12.5 Å². The van der Waals surface area contributed by atoms with Gasteiger partial charge in [-0.1, -0.05) is 39.7 Å². The molecule has 142 valence electrons. The largest absolute Gasteiger partial charge is 0.492 e. The van der Waals surface area contributed by atoms with Crippen LogP contribution < -0.4 is 10.3 Å². The van der Waals surface area contributed by atoms with Crippen LogP contribution in [-0.4, -0.2) is 20.8 Å². The molecule has 0 aliphatic heterocycles. The van der Waals surface area contributed by atoms with Crippen LogP contribution >= 0.6 is 27.5 Å². The van der Waals surface area contributed by atoms with Gasteiger partial charge >= 0.3 is 0 Å². The highest BCUT2D eigenvalue weighted by Crippen LogP contribution is 2.30. The summed E-state index contributed by atoms with van der Waals surface area (Å²) < 4.78 is 9.75. The number of hydrogen-bond acceptors (Lipinski definition) is 3. The summed E-state index contributed by atoms with van der Waals surface area (Å²) in [4.78, 5) is 12.9. The molecular formula is C21H17BrClN3O2. The van der Waals surface area contributed by atoms with E-state index in [-0.39, 0.29) is 5.56 Å². The molecule has 0 aliphatic rings. The summed E-state index contributed by atoms with van der Waals surface area (Å²) in [5, 5.41) is 5.04. The molecular weight excluding hydrogens is 442 g/mol. The smallest absolute Gasteiger partial charge is 0.276 e. The lowest BCUT2D eigenvalue weighted by Gasteiger charge is -2.06. The first-order valence-electron chi connectivity index (χ1n) is 8.81. The van der Waals surface area contributed by atoms with Gasteiger partial charge in [0, 0.05) is 22.4 Å². The average molecular weight is 459 g/mol. The summed E-state index contributed by atoms with van der Waals surface area (Å²) in [5.41, 5.74) is 2.98. The van der Waals surface area contributed by atoms with E-state index in [1.807, 2.05) is 43.3 Å². The maximum Gasteiger partial charge on any atom is 0.276 e. The van der Waals surface area contributed by atoms with E-state index in [1.54, 1.807) is 33.6 Å². The fourth-order valence-electron chi connectivity index (χ4n) is 3.01. The lowest BCUT2D eigenvalue weighted by atomic mass is 10.1. The number of rotatable bonds is 5. The molecule has 0 fully saturated rings. The van der Waals surface area contributed by atoms with Crippen LogP contribution in [0.2, 0.25) is 5.02 Å². The number of nitrogens with zero attached hydrogens (tertiary/aromatic N) is 3. The Morgan fingerprint density at radius 2 is 1.89 bits per heavy atom. The zero-order chi connectivity index (χ0) is 19.7. The van der Waals surface area contributed by atoms with E-state index in [0.29, 0.717) is 35.1 Å². The molecule has 4 rings (SSSR count). The fraction of sp³-hybridized carbons (Fsp3) is 0.143. The molecule has 28 heavy (non-hydrogen) atoms. The third-order valence-corrected chi connectivity index (χ3v) is 5.22. The van der Waals surface area contributed by atoms with Gasteiger partial charge in [0.2, 0.25) is 0 Å². The molecule has 7 heteroatoms. The maximum absolute atomic E-state index is 12.9. The molecule has 2 aromatic heterocycles. The lowest BCUT2D eigenvalue weighted by Crippen LogP contribution is -2.21. The predicted molar refractivity (Wildman–Crippen MR) is 114 cm³/mol. The van der Waals surface area contributed by atoms with Gasteiger partial charge in [-0.3, -0.25) is 4.79 Å². The molecule has 0 radical (unpaired) electrons. The van der Waals surface area contributed by atoms with Crippen LogP contribution in [0, 0.1) is 0 Å². The highest BCUT2D eigenvalue weighted by Gasteiger charge is 2.11. The van der Waals surface area contributed by atoms with Crippen LogP contribution in [0.3, 0.4) is 0 Å². The molecule has 4 aromatic rings. The van der Waals surface area contributed by atoms with Crippen molar-refractivity contribution in [3.8, 4) is 17.0 Å². The molecule has 0 saturated carbocycles. The summed E-state index contributed by atoms with van der Waals surface area (Å²) in [6.07, 6.45) is 3.54. The number of halogens is 2. The fourth-order valence-corrected chi connectivity index (χ4v) is 3.51. The van der Waals surface area contributed by atoms with Gasteiger partial charge in [0.05, 0.1) is 23.9 Å². The molecule has 0 atom stereocenters. The number of aromatic nitrogens is 3. The van der Waals surface area contributed by atoms with E-state index in [2.05, 4.69) is 21.0 Å². The van der Waals surface area contributed by atoms with E-state index >= 15 is 0 Å². The highest BCUT2D eigenvalue weighted by atomic mass is 79.9. The minimum Gasteiger partial charge on any atom is -0.492 e. The van der Waals surface area contributed by atoms with Crippen LogP contribution in [0.15, 0.2) is 70.2 Å². The summed E-state index contributed by atoms with van der Waals surface area (Å²) in [5.74, 6) is 0.633. The van der Waals surface area contributed by atoms with Gasteiger partial charge in [-0.2, -0.15) is 5.10 Å². The number of benzene rings is 2. The minimum absolute atomic E-state index is 0.0961. The molecule has 0 amide bonds. The Morgan fingerprint density at radius 1 is 1.11 bits per heavy atom. The highest BCUT2D eigenvalue weighted by molar-refractivity contribution is 9.10. The minimum atomic E-state index is -0.0961. The molecule has 5 nitrogen and oxygen atoms in total.